The van der Waals surface area contributed by atoms with Gasteiger partial charge in [-0.05, 0) is 43.0 Å². The smallest absolute Gasteiger partial charge is 0.374 e. The molecule has 0 N–H and O–H groups in total. The largest absolute Gasteiger partial charge is 0.398 e. The van der Waals surface area contributed by atoms with Crippen LogP contribution in [0.1, 0.15) is 52.5 Å². The van der Waals surface area contributed by atoms with E-state index in [1.807, 2.05) is 36.4 Å². The summed E-state index contributed by atoms with van der Waals surface area (Å²) < 4.78 is 8.23. The van der Waals surface area contributed by atoms with E-state index < -0.39 is 0 Å². The molecule has 3 aromatic rings. The van der Waals surface area contributed by atoms with Gasteiger partial charge >= 0.3 is 5.89 Å². The Labute approximate surface area is 195 Å². The highest BCUT2D eigenvalue weighted by Gasteiger charge is 2.40. The maximum atomic E-state index is 11.4. The molecule has 0 fully saturated rings. The Hall–Kier alpha value is -3.41. The second-order valence-electron chi connectivity index (χ2n) is 9.48. The van der Waals surface area contributed by atoms with Gasteiger partial charge in [0.2, 0.25) is 5.58 Å². The minimum Gasteiger partial charge on any atom is -0.398 e. The number of allylic oxidation sites excluding steroid dienone is 3. The zero-order chi connectivity index (χ0) is 23.8. The highest BCUT2D eigenvalue weighted by atomic mass is 16.6. The van der Waals surface area contributed by atoms with E-state index >= 15 is 0 Å². The summed E-state index contributed by atoms with van der Waals surface area (Å²) in [6.07, 6.45) is 7.19. The standard InChI is InChI=1S/C27H32N3O3/c1-6-28-23-10-7-8-11-24(23)33-26(28)13-9-12-25-27(4,5)21-18-20(30(31)32)14-15-22(21)29(25)17-16-19(2)3/h7-15,18-19H,6,16-17H2,1-5H3/q+1. The molecule has 6 nitrogen and oxygen atoms in total. The summed E-state index contributed by atoms with van der Waals surface area (Å²) in [7, 11) is 0. The molecule has 33 heavy (non-hydrogen) atoms. The lowest BCUT2D eigenvalue weighted by molar-refractivity contribution is -0.674. The minimum absolute atomic E-state index is 0.133. The number of nitrogens with zero attached hydrogens (tertiary/aromatic N) is 3. The second-order valence-corrected chi connectivity index (χ2v) is 9.48. The molecule has 6 heteroatoms. The molecule has 0 bridgehead atoms. The second kappa shape index (κ2) is 8.85. The number of oxazole rings is 1. The number of hydrogen-bond acceptors (Lipinski definition) is 4. The van der Waals surface area contributed by atoms with Crippen LogP contribution < -0.4 is 9.47 Å². The van der Waals surface area contributed by atoms with Crippen molar-refractivity contribution in [3.05, 3.63) is 81.9 Å². The molecular weight excluding hydrogens is 414 g/mol. The van der Waals surface area contributed by atoms with E-state index in [-0.39, 0.29) is 16.0 Å². The van der Waals surface area contributed by atoms with E-state index in [0.717, 1.165) is 53.4 Å². The van der Waals surface area contributed by atoms with Crippen LogP contribution in [-0.4, -0.2) is 11.5 Å². The zero-order valence-electron chi connectivity index (χ0n) is 20.0. The number of aromatic nitrogens is 1. The van der Waals surface area contributed by atoms with Gasteiger partial charge in [-0.1, -0.05) is 45.9 Å². The van der Waals surface area contributed by atoms with Crippen LogP contribution in [-0.2, 0) is 12.0 Å². The van der Waals surface area contributed by atoms with Gasteiger partial charge in [-0.2, -0.15) is 4.57 Å². The van der Waals surface area contributed by atoms with Crippen molar-refractivity contribution in [3.63, 3.8) is 0 Å². The first-order valence-electron chi connectivity index (χ1n) is 11.6. The van der Waals surface area contributed by atoms with Gasteiger partial charge in [-0.25, -0.2) is 0 Å². The summed E-state index contributed by atoms with van der Waals surface area (Å²) in [6, 6.07) is 13.3. The maximum Gasteiger partial charge on any atom is 0.374 e. The number of hydrogen-bond donors (Lipinski definition) is 0. The van der Waals surface area contributed by atoms with Crippen molar-refractivity contribution in [1.29, 1.82) is 0 Å². The molecule has 0 atom stereocenters. The fourth-order valence-corrected chi connectivity index (χ4v) is 4.63. The summed E-state index contributed by atoms with van der Waals surface area (Å²) in [5.41, 5.74) is 4.91. The molecule has 172 valence electrons. The van der Waals surface area contributed by atoms with Gasteiger partial charge in [-0.3, -0.25) is 10.1 Å². The van der Waals surface area contributed by atoms with E-state index in [2.05, 4.69) is 56.2 Å². The monoisotopic (exact) mass is 446 g/mol. The van der Waals surface area contributed by atoms with Crippen molar-refractivity contribution >= 4 is 28.6 Å². The number of fused-ring (bicyclic) bond motifs is 2. The minimum atomic E-state index is -0.350. The predicted molar refractivity (Wildman–Crippen MR) is 132 cm³/mol. The molecule has 0 unspecified atom stereocenters. The first kappa shape index (κ1) is 22.8. The highest BCUT2D eigenvalue weighted by Crippen LogP contribution is 2.49. The molecule has 0 aliphatic carbocycles. The van der Waals surface area contributed by atoms with Crippen LogP contribution in [0.2, 0.25) is 0 Å². The Morgan fingerprint density at radius 3 is 2.67 bits per heavy atom. The Morgan fingerprint density at radius 1 is 1.21 bits per heavy atom. The fraction of sp³-hybridized carbons (Fsp3) is 0.370. The summed E-state index contributed by atoms with van der Waals surface area (Å²) in [4.78, 5) is 13.4. The Morgan fingerprint density at radius 2 is 1.97 bits per heavy atom. The Kier molecular flexibility index (Phi) is 6.11. The topological polar surface area (TPSA) is 63.4 Å². The number of anilines is 1. The number of aryl methyl sites for hydroxylation is 1. The fourth-order valence-electron chi connectivity index (χ4n) is 4.63. The molecule has 2 aromatic carbocycles. The van der Waals surface area contributed by atoms with E-state index in [0.29, 0.717) is 5.92 Å². The molecule has 2 heterocycles. The third-order valence-electron chi connectivity index (χ3n) is 6.46. The lowest BCUT2D eigenvalue weighted by atomic mass is 9.83. The summed E-state index contributed by atoms with van der Waals surface area (Å²) in [5, 5.41) is 11.4. The predicted octanol–water partition coefficient (Wildman–Crippen LogP) is 6.39. The van der Waals surface area contributed by atoms with Crippen molar-refractivity contribution in [3.8, 4) is 0 Å². The first-order valence-corrected chi connectivity index (χ1v) is 11.6. The highest BCUT2D eigenvalue weighted by molar-refractivity contribution is 5.73. The number of nitro groups is 1. The molecule has 1 aliphatic heterocycles. The summed E-state index contributed by atoms with van der Waals surface area (Å²) in [5.74, 6) is 1.36. The zero-order valence-corrected chi connectivity index (χ0v) is 20.0. The number of benzene rings is 2. The molecule has 0 saturated heterocycles. The number of non-ortho nitro benzene ring substituents is 1. The van der Waals surface area contributed by atoms with E-state index in [4.69, 9.17) is 4.42 Å². The van der Waals surface area contributed by atoms with Crippen molar-refractivity contribution in [1.82, 2.24) is 0 Å². The molecule has 4 rings (SSSR count). The van der Waals surface area contributed by atoms with Crippen LogP contribution >= 0.6 is 0 Å². The molecule has 1 aliphatic rings. The third kappa shape index (κ3) is 4.17. The van der Waals surface area contributed by atoms with Gasteiger partial charge in [0, 0.05) is 41.5 Å². The lowest BCUT2D eigenvalue weighted by Crippen LogP contribution is -2.33. The Balaban J connectivity index is 1.74. The van der Waals surface area contributed by atoms with Gasteiger partial charge in [-0.15, -0.1) is 0 Å². The van der Waals surface area contributed by atoms with Crippen LogP contribution in [0.4, 0.5) is 11.4 Å². The Bertz CT molecular complexity index is 1250. The SMILES string of the molecule is CC[n+]1c(C=CC=C2N(CCC(C)C)c3ccc([N+](=O)[O-])cc3C2(C)C)oc2ccccc21. The van der Waals surface area contributed by atoms with Crippen molar-refractivity contribution in [2.75, 3.05) is 11.4 Å². The van der Waals surface area contributed by atoms with Crippen LogP contribution in [0, 0.1) is 16.0 Å². The van der Waals surface area contributed by atoms with Crippen LogP contribution in [0.25, 0.3) is 17.2 Å². The van der Waals surface area contributed by atoms with Gasteiger partial charge in [0.05, 0.1) is 11.0 Å². The van der Waals surface area contributed by atoms with Gasteiger partial charge < -0.3 is 9.32 Å². The van der Waals surface area contributed by atoms with E-state index in [1.165, 1.54) is 0 Å². The number of para-hydroxylation sites is 2. The average molecular weight is 447 g/mol. The van der Waals surface area contributed by atoms with Crippen LogP contribution in [0.15, 0.2) is 64.7 Å². The molecule has 0 radical (unpaired) electrons. The number of nitro benzene ring substituents is 1. The van der Waals surface area contributed by atoms with Gasteiger partial charge in [0.25, 0.3) is 11.2 Å². The average Bonchev–Trinajstić information content (AvgIpc) is 3.24. The molecular formula is C27H32N3O3+. The van der Waals surface area contributed by atoms with Crippen LogP contribution in [0.3, 0.4) is 0 Å². The summed E-state index contributed by atoms with van der Waals surface area (Å²) in [6.45, 7) is 12.5. The maximum absolute atomic E-state index is 11.4. The van der Waals surface area contributed by atoms with Crippen molar-refractivity contribution in [2.24, 2.45) is 5.92 Å². The van der Waals surface area contributed by atoms with Crippen molar-refractivity contribution in [2.45, 2.75) is 53.0 Å². The quantitative estimate of drug-likeness (QED) is 0.240. The van der Waals surface area contributed by atoms with Crippen molar-refractivity contribution < 1.29 is 13.9 Å². The van der Waals surface area contributed by atoms with E-state index in [9.17, 15) is 10.1 Å². The third-order valence-corrected chi connectivity index (χ3v) is 6.46. The number of rotatable bonds is 7. The van der Waals surface area contributed by atoms with Gasteiger partial charge in [0.1, 0.15) is 6.54 Å². The normalized spacial score (nSPS) is 16.4. The van der Waals surface area contributed by atoms with Gasteiger partial charge in [0.15, 0.2) is 0 Å². The molecule has 0 amide bonds. The van der Waals surface area contributed by atoms with Crippen LogP contribution in [0.5, 0.6) is 0 Å². The van der Waals surface area contributed by atoms with E-state index in [1.54, 1.807) is 12.1 Å². The molecule has 0 saturated carbocycles. The lowest BCUT2D eigenvalue weighted by Gasteiger charge is -2.27. The summed E-state index contributed by atoms with van der Waals surface area (Å²) >= 11 is 0. The molecule has 0 spiro atoms. The first-order chi connectivity index (χ1) is 15.7. The molecule has 1 aromatic heterocycles.